The Morgan fingerprint density at radius 3 is 1.81 bits per heavy atom. The van der Waals surface area contributed by atoms with E-state index in [0.717, 1.165) is 39.3 Å². The van der Waals surface area contributed by atoms with Crippen LogP contribution in [0.25, 0.3) is 22.4 Å². The van der Waals surface area contributed by atoms with Gasteiger partial charge in [-0.1, -0.05) is 60.7 Å². The Morgan fingerprint density at radius 1 is 0.812 bits per heavy atom. The first-order valence-electron chi connectivity index (χ1n) is 10.4. The molecule has 0 spiro atoms. The third kappa shape index (κ3) is 3.42. The van der Waals surface area contributed by atoms with Crippen molar-refractivity contribution in [2.45, 2.75) is 12.8 Å². The fourth-order valence-corrected chi connectivity index (χ4v) is 4.54. The van der Waals surface area contributed by atoms with Crippen LogP contribution in [0, 0.1) is 5.41 Å². The molecule has 0 atom stereocenters. The Balaban J connectivity index is 2.06. The molecule has 0 saturated carbocycles. The highest BCUT2D eigenvalue weighted by atomic mass is 16.5. The summed E-state index contributed by atoms with van der Waals surface area (Å²) >= 11 is 0. The molecule has 1 aliphatic carbocycles. The van der Waals surface area contributed by atoms with E-state index in [1.54, 1.807) is 0 Å². The van der Waals surface area contributed by atoms with Gasteiger partial charge in [-0.2, -0.15) is 0 Å². The van der Waals surface area contributed by atoms with E-state index in [2.05, 4.69) is 0 Å². The van der Waals surface area contributed by atoms with Crippen LogP contribution in [-0.4, -0.2) is 45.2 Å². The van der Waals surface area contributed by atoms with Crippen molar-refractivity contribution in [3.05, 3.63) is 71.8 Å². The SMILES string of the molecule is COC(=O)C1(C(=O)OC)Cc2c(-c3ccccc3)nc(N(C)C)c(-c3ccccc3)c2C1. The molecule has 0 N–H and O–H groups in total. The number of rotatable bonds is 5. The zero-order valence-electron chi connectivity index (χ0n) is 18.7. The van der Waals surface area contributed by atoms with Crippen molar-refractivity contribution in [3.8, 4) is 22.4 Å². The number of carbonyl (C=O) groups is 2. The first-order valence-corrected chi connectivity index (χ1v) is 10.4. The monoisotopic (exact) mass is 430 g/mol. The molecule has 1 aliphatic rings. The Hall–Kier alpha value is -3.67. The van der Waals surface area contributed by atoms with Gasteiger partial charge in [0.05, 0.1) is 19.9 Å². The molecular weight excluding hydrogens is 404 g/mol. The molecule has 0 amide bonds. The number of hydrogen-bond donors (Lipinski definition) is 0. The van der Waals surface area contributed by atoms with E-state index < -0.39 is 17.4 Å². The minimum absolute atomic E-state index is 0.173. The van der Waals surface area contributed by atoms with Crippen molar-refractivity contribution < 1.29 is 19.1 Å². The van der Waals surface area contributed by atoms with E-state index >= 15 is 0 Å². The van der Waals surface area contributed by atoms with E-state index in [0.29, 0.717) is 0 Å². The van der Waals surface area contributed by atoms with Crippen molar-refractivity contribution in [2.75, 3.05) is 33.2 Å². The first-order chi connectivity index (χ1) is 15.4. The van der Waals surface area contributed by atoms with E-state index in [-0.39, 0.29) is 12.8 Å². The summed E-state index contributed by atoms with van der Waals surface area (Å²) in [6.45, 7) is 0. The lowest BCUT2D eigenvalue weighted by molar-refractivity contribution is -0.168. The molecule has 0 unspecified atom stereocenters. The summed E-state index contributed by atoms with van der Waals surface area (Å²) < 4.78 is 10.2. The molecule has 0 bridgehead atoms. The van der Waals surface area contributed by atoms with Crippen molar-refractivity contribution in [3.63, 3.8) is 0 Å². The predicted octanol–water partition coefficient (Wildman–Crippen LogP) is 3.91. The number of hydrogen-bond acceptors (Lipinski definition) is 6. The largest absolute Gasteiger partial charge is 0.468 e. The average molecular weight is 431 g/mol. The van der Waals surface area contributed by atoms with Gasteiger partial charge in [-0.3, -0.25) is 9.59 Å². The lowest BCUT2D eigenvalue weighted by Gasteiger charge is -2.23. The van der Waals surface area contributed by atoms with E-state index in [9.17, 15) is 9.59 Å². The highest BCUT2D eigenvalue weighted by Crippen LogP contribution is 2.49. The molecule has 4 rings (SSSR count). The number of ether oxygens (including phenoxy) is 2. The van der Waals surface area contributed by atoms with Gasteiger partial charge in [-0.15, -0.1) is 0 Å². The van der Waals surface area contributed by atoms with Gasteiger partial charge in [0.25, 0.3) is 0 Å². The van der Waals surface area contributed by atoms with E-state index in [4.69, 9.17) is 14.5 Å². The number of methoxy groups -OCH3 is 2. The summed E-state index contributed by atoms with van der Waals surface area (Å²) in [4.78, 5) is 32.9. The Bertz CT molecular complexity index is 1140. The standard InChI is InChI=1S/C26H26N2O4/c1-28(2)23-21(17-11-7-5-8-12-17)19-15-26(24(29)31-3,25(30)32-4)16-20(19)22(27-23)18-13-9-6-10-14-18/h5-14H,15-16H2,1-4H3. The number of fused-ring (bicyclic) bond motifs is 1. The summed E-state index contributed by atoms with van der Waals surface area (Å²) in [5, 5.41) is 0. The number of esters is 2. The molecule has 0 fully saturated rings. The van der Waals surface area contributed by atoms with Crippen LogP contribution in [0.1, 0.15) is 11.1 Å². The average Bonchev–Trinajstić information content (AvgIpc) is 3.24. The van der Waals surface area contributed by atoms with Crippen LogP contribution in [0.15, 0.2) is 60.7 Å². The first kappa shape index (κ1) is 21.6. The van der Waals surface area contributed by atoms with Crippen LogP contribution in [0.5, 0.6) is 0 Å². The lowest BCUT2D eigenvalue weighted by atomic mass is 9.84. The minimum Gasteiger partial charge on any atom is -0.468 e. The maximum atomic E-state index is 13.0. The van der Waals surface area contributed by atoms with Gasteiger partial charge < -0.3 is 14.4 Å². The van der Waals surface area contributed by atoms with Crippen molar-refractivity contribution in [1.82, 2.24) is 4.98 Å². The summed E-state index contributed by atoms with van der Waals surface area (Å²) in [5.41, 5.74) is 3.94. The molecule has 1 aromatic heterocycles. The van der Waals surface area contributed by atoms with Crippen LogP contribution >= 0.6 is 0 Å². The van der Waals surface area contributed by atoms with Gasteiger partial charge in [0.15, 0.2) is 5.41 Å². The second kappa shape index (κ2) is 8.46. The summed E-state index contributed by atoms with van der Waals surface area (Å²) in [6.07, 6.45) is 0.363. The molecule has 2 aromatic carbocycles. The maximum absolute atomic E-state index is 13.0. The molecule has 32 heavy (non-hydrogen) atoms. The predicted molar refractivity (Wildman–Crippen MR) is 123 cm³/mol. The van der Waals surface area contributed by atoms with Gasteiger partial charge in [0, 0.05) is 38.1 Å². The van der Waals surface area contributed by atoms with Crippen LogP contribution in [0.2, 0.25) is 0 Å². The number of pyridine rings is 1. The summed E-state index contributed by atoms with van der Waals surface area (Å²) in [5.74, 6) is -0.408. The highest BCUT2D eigenvalue weighted by Gasteiger charge is 2.54. The quantitative estimate of drug-likeness (QED) is 0.452. The van der Waals surface area contributed by atoms with Gasteiger partial charge in [-0.05, 0) is 16.7 Å². The Kier molecular flexibility index (Phi) is 5.70. The molecule has 0 radical (unpaired) electrons. The second-order valence-corrected chi connectivity index (χ2v) is 8.16. The van der Waals surface area contributed by atoms with Gasteiger partial charge >= 0.3 is 11.9 Å². The second-order valence-electron chi connectivity index (χ2n) is 8.16. The van der Waals surface area contributed by atoms with E-state index in [1.165, 1.54) is 14.2 Å². The lowest BCUT2D eigenvalue weighted by Crippen LogP contribution is -2.42. The van der Waals surface area contributed by atoms with Crippen LogP contribution < -0.4 is 4.90 Å². The molecule has 6 heteroatoms. The molecular formula is C26H26N2O4. The fourth-order valence-electron chi connectivity index (χ4n) is 4.54. The van der Waals surface area contributed by atoms with Gasteiger partial charge in [0.2, 0.25) is 0 Å². The Morgan fingerprint density at radius 2 is 1.31 bits per heavy atom. The molecule has 0 aliphatic heterocycles. The van der Waals surface area contributed by atoms with Crippen molar-refractivity contribution in [1.29, 1.82) is 0 Å². The topological polar surface area (TPSA) is 68.7 Å². The van der Waals surface area contributed by atoms with Crippen molar-refractivity contribution in [2.24, 2.45) is 5.41 Å². The molecule has 0 saturated heterocycles. The third-order valence-corrected chi connectivity index (χ3v) is 6.04. The Labute approximate surface area is 187 Å². The summed E-state index contributed by atoms with van der Waals surface area (Å²) in [7, 11) is 6.49. The van der Waals surface area contributed by atoms with Gasteiger partial charge in [0.1, 0.15) is 5.82 Å². The number of carbonyl (C=O) groups excluding carboxylic acids is 2. The van der Waals surface area contributed by atoms with Crippen LogP contribution in [0.3, 0.4) is 0 Å². The number of anilines is 1. The third-order valence-electron chi connectivity index (χ3n) is 6.04. The van der Waals surface area contributed by atoms with Crippen LogP contribution in [-0.2, 0) is 31.9 Å². The molecule has 1 heterocycles. The zero-order valence-corrected chi connectivity index (χ0v) is 18.7. The molecule has 3 aromatic rings. The zero-order chi connectivity index (χ0) is 22.9. The summed E-state index contributed by atoms with van der Waals surface area (Å²) in [6, 6.07) is 19.7. The number of benzene rings is 2. The number of nitrogens with zero attached hydrogens (tertiary/aromatic N) is 2. The van der Waals surface area contributed by atoms with E-state index in [1.807, 2.05) is 79.7 Å². The molecule has 164 valence electrons. The van der Waals surface area contributed by atoms with Gasteiger partial charge in [-0.25, -0.2) is 4.98 Å². The smallest absolute Gasteiger partial charge is 0.323 e. The van der Waals surface area contributed by atoms with Crippen molar-refractivity contribution >= 4 is 17.8 Å². The number of aromatic nitrogens is 1. The normalized spacial score (nSPS) is 13.9. The maximum Gasteiger partial charge on any atom is 0.323 e. The molecule has 6 nitrogen and oxygen atoms in total. The van der Waals surface area contributed by atoms with Crippen LogP contribution in [0.4, 0.5) is 5.82 Å². The highest BCUT2D eigenvalue weighted by molar-refractivity contribution is 6.03. The fraction of sp³-hybridized carbons (Fsp3) is 0.269. The minimum atomic E-state index is -1.44.